The third-order valence-electron chi connectivity index (χ3n) is 9.46. The fourth-order valence-corrected chi connectivity index (χ4v) is 7.15. The second kappa shape index (κ2) is 10.5. The lowest BCUT2D eigenvalue weighted by molar-refractivity contribution is 0.670. The van der Waals surface area contributed by atoms with Gasteiger partial charge in [-0.25, -0.2) is 9.97 Å². The summed E-state index contributed by atoms with van der Waals surface area (Å²) in [5.41, 5.74) is 10.2. The van der Waals surface area contributed by atoms with Crippen LogP contribution in [-0.4, -0.2) is 14.5 Å². The van der Waals surface area contributed by atoms with Gasteiger partial charge in [-0.1, -0.05) is 91.0 Å². The van der Waals surface area contributed by atoms with Crippen molar-refractivity contribution < 1.29 is 4.42 Å². The topological polar surface area (TPSA) is 43.9 Å². The number of para-hydroxylation sites is 2. The highest BCUT2D eigenvalue weighted by atomic mass is 16.3. The summed E-state index contributed by atoms with van der Waals surface area (Å²) in [4.78, 5) is 9.73. The van der Waals surface area contributed by atoms with Crippen LogP contribution in [-0.2, 0) is 0 Å². The normalized spacial score (nSPS) is 11.8. The first-order valence-corrected chi connectivity index (χ1v) is 16.2. The van der Waals surface area contributed by atoms with Crippen molar-refractivity contribution in [3.63, 3.8) is 0 Å². The Balaban J connectivity index is 1.05. The van der Waals surface area contributed by atoms with Gasteiger partial charge in [0.1, 0.15) is 11.2 Å². The van der Waals surface area contributed by atoms with Crippen molar-refractivity contribution >= 4 is 54.5 Å². The van der Waals surface area contributed by atoms with E-state index < -0.39 is 0 Å². The van der Waals surface area contributed by atoms with Crippen LogP contribution in [0, 0.1) is 0 Å². The smallest absolute Gasteiger partial charge is 0.159 e. The first-order chi connectivity index (χ1) is 23.8. The average molecular weight is 614 g/mol. The Morgan fingerprint density at radius 2 is 1.23 bits per heavy atom. The molecule has 10 aromatic rings. The Morgan fingerprint density at radius 3 is 2.10 bits per heavy atom. The van der Waals surface area contributed by atoms with Crippen LogP contribution in [0.2, 0.25) is 0 Å². The maximum atomic E-state index is 6.47. The Bertz CT molecular complexity index is 2830. The number of aromatic nitrogens is 3. The van der Waals surface area contributed by atoms with Crippen LogP contribution >= 0.6 is 0 Å². The van der Waals surface area contributed by atoms with Crippen molar-refractivity contribution in [1.82, 2.24) is 14.5 Å². The Kier molecular flexibility index (Phi) is 5.84. The van der Waals surface area contributed by atoms with E-state index in [1.54, 1.807) is 0 Å². The van der Waals surface area contributed by atoms with Crippen molar-refractivity contribution in [1.29, 1.82) is 0 Å². The van der Waals surface area contributed by atoms with Crippen LogP contribution in [0.1, 0.15) is 0 Å². The van der Waals surface area contributed by atoms with E-state index in [1.807, 2.05) is 18.3 Å². The molecule has 224 valence electrons. The van der Waals surface area contributed by atoms with E-state index in [2.05, 4.69) is 155 Å². The van der Waals surface area contributed by atoms with Gasteiger partial charge >= 0.3 is 0 Å². The van der Waals surface area contributed by atoms with Crippen LogP contribution in [0.3, 0.4) is 0 Å². The lowest BCUT2D eigenvalue weighted by Gasteiger charge is -2.10. The van der Waals surface area contributed by atoms with Crippen molar-refractivity contribution in [2.45, 2.75) is 0 Å². The third kappa shape index (κ3) is 4.16. The number of furan rings is 1. The highest BCUT2D eigenvalue weighted by Crippen LogP contribution is 2.38. The van der Waals surface area contributed by atoms with E-state index in [4.69, 9.17) is 9.40 Å². The predicted molar refractivity (Wildman–Crippen MR) is 197 cm³/mol. The van der Waals surface area contributed by atoms with E-state index in [1.165, 1.54) is 43.7 Å². The number of hydrogen-bond acceptors (Lipinski definition) is 3. The molecule has 0 N–H and O–H groups in total. The molecule has 0 saturated carbocycles. The van der Waals surface area contributed by atoms with Crippen LogP contribution in [0.5, 0.6) is 0 Å². The van der Waals surface area contributed by atoms with E-state index in [0.29, 0.717) is 5.82 Å². The molecule has 0 spiro atoms. The molecule has 0 unspecified atom stereocenters. The first kappa shape index (κ1) is 26.7. The van der Waals surface area contributed by atoms with Crippen molar-refractivity contribution in [2.75, 3.05) is 0 Å². The molecule has 0 amide bonds. The second-order valence-corrected chi connectivity index (χ2v) is 12.2. The highest BCUT2D eigenvalue weighted by molar-refractivity contribution is 6.14. The molecule has 48 heavy (non-hydrogen) atoms. The molecule has 0 saturated heterocycles. The van der Waals surface area contributed by atoms with E-state index >= 15 is 0 Å². The van der Waals surface area contributed by atoms with Gasteiger partial charge in [0.05, 0.1) is 16.7 Å². The molecule has 0 aliphatic carbocycles. The van der Waals surface area contributed by atoms with Gasteiger partial charge in [-0.05, 0) is 88.6 Å². The summed E-state index contributed by atoms with van der Waals surface area (Å²) in [7, 11) is 0. The van der Waals surface area contributed by atoms with Gasteiger partial charge in [-0.3, -0.25) is 0 Å². The predicted octanol–water partition coefficient (Wildman–Crippen LogP) is 11.6. The van der Waals surface area contributed by atoms with E-state index in [0.717, 1.165) is 44.4 Å². The van der Waals surface area contributed by atoms with Crippen LogP contribution in [0.15, 0.2) is 168 Å². The summed E-state index contributed by atoms with van der Waals surface area (Å²) in [5, 5.41) is 7.14. The highest BCUT2D eigenvalue weighted by Gasteiger charge is 2.16. The lowest BCUT2D eigenvalue weighted by Crippen LogP contribution is -1.95. The summed E-state index contributed by atoms with van der Waals surface area (Å²) < 4.78 is 8.82. The molecular weight excluding hydrogens is 587 g/mol. The number of rotatable bonds is 4. The van der Waals surface area contributed by atoms with Crippen molar-refractivity contribution in [3.8, 4) is 39.5 Å². The summed E-state index contributed by atoms with van der Waals surface area (Å²) in [6, 6.07) is 55.4. The zero-order chi connectivity index (χ0) is 31.6. The molecule has 7 aromatic carbocycles. The molecule has 10 rings (SSSR count). The van der Waals surface area contributed by atoms with Crippen molar-refractivity contribution in [3.05, 3.63) is 164 Å². The molecule has 0 fully saturated rings. The minimum atomic E-state index is 0.673. The molecule has 0 aliphatic heterocycles. The Labute approximate surface area is 276 Å². The standard InChI is InChI=1S/C44H27N3O/c1-2-9-28(10-3-1)32-19-22-42-38(26-32)35-14-8-15-36(43(35)48-42)39-23-24-45-44(46-39)29-17-20-33(21-18-29)47-40-16-7-6-13-34(40)37-25-30-11-4-5-12-31(30)27-41(37)47/h1-27H. The molecule has 3 aromatic heterocycles. The second-order valence-electron chi connectivity index (χ2n) is 12.2. The van der Waals surface area contributed by atoms with E-state index in [9.17, 15) is 0 Å². The quantitative estimate of drug-likeness (QED) is 0.198. The van der Waals surface area contributed by atoms with Gasteiger partial charge in [0.25, 0.3) is 0 Å². The lowest BCUT2D eigenvalue weighted by atomic mass is 10.0. The van der Waals surface area contributed by atoms with Gasteiger partial charge in [-0.2, -0.15) is 0 Å². The summed E-state index contributed by atoms with van der Waals surface area (Å²) >= 11 is 0. The van der Waals surface area contributed by atoms with Crippen LogP contribution in [0.25, 0.3) is 94.0 Å². The molecule has 0 radical (unpaired) electrons. The Hall–Kier alpha value is -6.52. The van der Waals surface area contributed by atoms with Gasteiger partial charge in [-0.15, -0.1) is 0 Å². The maximum absolute atomic E-state index is 6.47. The summed E-state index contributed by atoms with van der Waals surface area (Å²) in [5.74, 6) is 0.673. The molecule has 0 bridgehead atoms. The molecule has 4 heteroatoms. The van der Waals surface area contributed by atoms with Crippen molar-refractivity contribution in [2.24, 2.45) is 0 Å². The zero-order valence-electron chi connectivity index (χ0n) is 25.8. The first-order valence-electron chi connectivity index (χ1n) is 16.2. The van der Waals surface area contributed by atoms with Crippen LogP contribution < -0.4 is 0 Å². The van der Waals surface area contributed by atoms with Gasteiger partial charge < -0.3 is 8.98 Å². The Morgan fingerprint density at radius 1 is 0.479 bits per heavy atom. The number of nitrogens with zero attached hydrogens (tertiary/aromatic N) is 3. The van der Waals surface area contributed by atoms with Gasteiger partial charge in [0, 0.05) is 44.6 Å². The zero-order valence-corrected chi connectivity index (χ0v) is 25.8. The monoisotopic (exact) mass is 613 g/mol. The molecule has 3 heterocycles. The summed E-state index contributed by atoms with van der Waals surface area (Å²) in [6.07, 6.45) is 1.83. The minimum absolute atomic E-state index is 0.673. The molecular formula is C44H27N3O. The average Bonchev–Trinajstić information content (AvgIpc) is 3.69. The summed E-state index contributed by atoms with van der Waals surface area (Å²) in [6.45, 7) is 0. The molecule has 4 nitrogen and oxygen atoms in total. The number of hydrogen-bond donors (Lipinski definition) is 0. The van der Waals surface area contributed by atoms with Gasteiger partial charge in [0.15, 0.2) is 5.82 Å². The number of fused-ring (bicyclic) bond motifs is 7. The number of benzene rings is 7. The van der Waals surface area contributed by atoms with Gasteiger partial charge in [0.2, 0.25) is 0 Å². The maximum Gasteiger partial charge on any atom is 0.159 e. The SMILES string of the molecule is c1ccc(-c2ccc3oc4c(-c5ccnc(-c6ccc(-n7c8ccccc8c8cc9ccccc9cc87)cc6)n5)cccc4c3c2)cc1. The fourth-order valence-electron chi connectivity index (χ4n) is 7.15. The third-order valence-corrected chi connectivity index (χ3v) is 9.46. The van der Waals surface area contributed by atoms with Crippen LogP contribution in [0.4, 0.5) is 0 Å². The molecule has 0 aliphatic rings. The minimum Gasteiger partial charge on any atom is -0.455 e. The van der Waals surface area contributed by atoms with E-state index in [-0.39, 0.29) is 0 Å². The largest absolute Gasteiger partial charge is 0.455 e. The molecule has 0 atom stereocenters. The fraction of sp³-hybridized carbons (Fsp3) is 0.